The van der Waals surface area contributed by atoms with Gasteiger partial charge in [0.25, 0.3) is 5.91 Å². The van der Waals surface area contributed by atoms with Crippen LogP contribution in [0.15, 0.2) is 71.6 Å². The largest absolute Gasteiger partial charge is 0.493 e. The quantitative estimate of drug-likeness (QED) is 0.194. The average molecular weight is 544 g/mol. The van der Waals surface area contributed by atoms with Gasteiger partial charge in [-0.25, -0.2) is 4.39 Å². The number of methoxy groups -OCH3 is 2. The predicted octanol–water partition coefficient (Wildman–Crippen LogP) is 5.62. The van der Waals surface area contributed by atoms with Crippen LogP contribution in [0.1, 0.15) is 47.7 Å². The van der Waals surface area contributed by atoms with Gasteiger partial charge in [-0.2, -0.15) is 8.42 Å². The molecule has 0 aliphatic heterocycles. The molecule has 0 unspecified atom stereocenters. The molecule has 0 aromatic heterocycles. The van der Waals surface area contributed by atoms with Gasteiger partial charge in [0.1, 0.15) is 10.7 Å². The lowest BCUT2D eigenvalue weighted by Crippen LogP contribution is -2.33. The summed E-state index contributed by atoms with van der Waals surface area (Å²) >= 11 is 0. The van der Waals surface area contributed by atoms with Crippen LogP contribution in [0.4, 0.5) is 4.39 Å². The Labute approximate surface area is 224 Å². The number of benzene rings is 3. The Hall–Kier alpha value is -3.43. The van der Waals surface area contributed by atoms with Gasteiger partial charge in [0, 0.05) is 25.8 Å². The number of carbonyl (C=O) groups is 1. The third kappa shape index (κ3) is 8.03. The van der Waals surface area contributed by atoms with Crippen molar-refractivity contribution in [2.24, 2.45) is 0 Å². The number of hydrogen-bond donors (Lipinski definition) is 0. The fourth-order valence-corrected chi connectivity index (χ4v) is 4.83. The highest BCUT2D eigenvalue weighted by atomic mass is 32.2. The first-order valence-corrected chi connectivity index (χ1v) is 13.9. The van der Waals surface area contributed by atoms with Gasteiger partial charge in [-0.05, 0) is 72.5 Å². The molecule has 3 aromatic rings. The first kappa shape index (κ1) is 29.1. The summed E-state index contributed by atoms with van der Waals surface area (Å²) in [6.07, 6.45) is 4.42. The van der Waals surface area contributed by atoms with Crippen molar-refractivity contribution in [3.05, 3.63) is 89.2 Å². The average Bonchev–Trinajstić information content (AvgIpc) is 2.91. The van der Waals surface area contributed by atoms with Crippen LogP contribution in [-0.2, 0) is 27.8 Å². The second-order valence-corrected chi connectivity index (χ2v) is 10.4. The molecule has 3 rings (SSSR count). The van der Waals surface area contributed by atoms with Gasteiger partial charge < -0.3 is 18.6 Å². The zero-order valence-corrected chi connectivity index (χ0v) is 22.8. The summed E-state index contributed by atoms with van der Waals surface area (Å²) in [5.41, 5.74) is 2.39. The lowest BCUT2D eigenvalue weighted by atomic mass is 10.0. The molecule has 0 saturated heterocycles. The summed E-state index contributed by atoms with van der Waals surface area (Å²) in [6, 6.07) is 16.8. The third-order valence-corrected chi connectivity index (χ3v) is 7.27. The number of nitrogens with zero attached hydrogens (tertiary/aromatic N) is 1. The van der Waals surface area contributed by atoms with E-state index >= 15 is 0 Å². The molecule has 204 valence electrons. The Morgan fingerprint density at radius 3 is 2.21 bits per heavy atom. The van der Waals surface area contributed by atoms with Crippen molar-refractivity contribution in [2.45, 2.75) is 44.0 Å². The number of amides is 1. The Morgan fingerprint density at radius 1 is 0.895 bits per heavy atom. The fraction of sp³-hybridized carbons (Fsp3) is 0.345. The topological polar surface area (TPSA) is 82.1 Å². The summed E-state index contributed by atoms with van der Waals surface area (Å²) in [6.45, 7) is 3.03. The number of carbonyl (C=O) groups excluding carboxylic acids is 1. The molecule has 38 heavy (non-hydrogen) atoms. The van der Waals surface area contributed by atoms with Crippen molar-refractivity contribution in [1.29, 1.82) is 0 Å². The summed E-state index contributed by atoms with van der Waals surface area (Å²) in [4.78, 5) is 14.8. The molecule has 0 fully saturated rings. The van der Waals surface area contributed by atoms with Crippen LogP contribution >= 0.6 is 0 Å². The van der Waals surface area contributed by atoms with E-state index in [9.17, 15) is 17.6 Å². The molecular weight excluding hydrogens is 509 g/mol. The van der Waals surface area contributed by atoms with Crippen LogP contribution < -0.4 is 8.92 Å². The molecule has 0 bridgehead atoms. The van der Waals surface area contributed by atoms with Crippen LogP contribution in [-0.4, -0.2) is 46.6 Å². The van der Waals surface area contributed by atoms with Crippen LogP contribution in [0.5, 0.6) is 11.5 Å². The second-order valence-electron chi connectivity index (χ2n) is 8.85. The van der Waals surface area contributed by atoms with Crippen LogP contribution in [0, 0.1) is 5.82 Å². The third-order valence-electron chi connectivity index (χ3n) is 6.03. The predicted molar refractivity (Wildman–Crippen MR) is 143 cm³/mol. The lowest BCUT2D eigenvalue weighted by molar-refractivity contribution is 0.0680. The van der Waals surface area contributed by atoms with Gasteiger partial charge >= 0.3 is 10.1 Å². The van der Waals surface area contributed by atoms with Crippen LogP contribution in [0.25, 0.3) is 0 Å². The maximum absolute atomic E-state index is 13.4. The molecule has 0 aliphatic rings. The van der Waals surface area contributed by atoms with Gasteiger partial charge in [-0.1, -0.05) is 38.0 Å². The van der Waals surface area contributed by atoms with Crippen molar-refractivity contribution in [3.8, 4) is 11.5 Å². The molecule has 0 saturated carbocycles. The lowest BCUT2D eigenvalue weighted by Gasteiger charge is -2.23. The van der Waals surface area contributed by atoms with E-state index in [0.29, 0.717) is 24.3 Å². The molecule has 0 radical (unpaired) electrons. The van der Waals surface area contributed by atoms with Gasteiger partial charge in [-0.15, -0.1) is 0 Å². The molecule has 0 N–H and O–H groups in total. The Morgan fingerprint density at radius 2 is 1.58 bits per heavy atom. The highest BCUT2D eigenvalue weighted by molar-refractivity contribution is 7.87. The normalized spacial score (nSPS) is 11.3. The molecule has 3 aromatic carbocycles. The van der Waals surface area contributed by atoms with Gasteiger partial charge in [0.15, 0.2) is 11.5 Å². The van der Waals surface area contributed by atoms with Crippen molar-refractivity contribution < 1.29 is 31.3 Å². The van der Waals surface area contributed by atoms with E-state index in [-0.39, 0.29) is 28.8 Å². The molecule has 1 amide bonds. The molecule has 0 atom stereocenters. The zero-order valence-electron chi connectivity index (χ0n) is 22.0. The SMILES string of the molecule is CCCCCc1ccc(C(=O)N(CCOC)Cc2ccc(OC)c(OS(=O)(=O)c3ccc(F)cc3)c2)cc1. The monoisotopic (exact) mass is 543 g/mol. The first-order valence-electron chi connectivity index (χ1n) is 12.5. The number of ether oxygens (including phenoxy) is 2. The zero-order chi connectivity index (χ0) is 27.5. The maximum Gasteiger partial charge on any atom is 0.339 e. The van der Waals surface area contributed by atoms with E-state index < -0.39 is 15.9 Å². The van der Waals surface area contributed by atoms with Gasteiger partial charge in [0.05, 0.1) is 13.7 Å². The standard InChI is InChI=1S/C29H34FNO6S/c1-4-5-6-7-22-8-11-24(12-9-22)29(32)31(18-19-35-2)21-23-10-17-27(36-3)28(20-23)37-38(33,34)26-15-13-25(30)14-16-26/h8-17,20H,4-7,18-19,21H2,1-3H3. The van der Waals surface area contributed by atoms with Crippen LogP contribution in [0.2, 0.25) is 0 Å². The van der Waals surface area contributed by atoms with Gasteiger partial charge in [0.2, 0.25) is 0 Å². The summed E-state index contributed by atoms with van der Waals surface area (Å²) in [7, 11) is -1.28. The van der Waals surface area contributed by atoms with Crippen molar-refractivity contribution >= 4 is 16.0 Å². The second kappa shape index (κ2) is 13.9. The number of halogens is 1. The smallest absolute Gasteiger partial charge is 0.339 e. The molecule has 0 aliphatic carbocycles. The number of unbranched alkanes of at least 4 members (excludes halogenated alkanes) is 2. The molecule has 0 spiro atoms. The van der Waals surface area contributed by atoms with Crippen molar-refractivity contribution in [2.75, 3.05) is 27.4 Å². The molecule has 7 nitrogen and oxygen atoms in total. The highest BCUT2D eigenvalue weighted by Crippen LogP contribution is 2.31. The summed E-state index contributed by atoms with van der Waals surface area (Å²) in [5, 5.41) is 0. The van der Waals surface area contributed by atoms with Crippen molar-refractivity contribution in [1.82, 2.24) is 4.90 Å². The Balaban J connectivity index is 1.81. The minimum absolute atomic E-state index is 0.0371. The van der Waals surface area contributed by atoms with E-state index in [0.717, 1.165) is 43.5 Å². The van der Waals surface area contributed by atoms with Crippen LogP contribution in [0.3, 0.4) is 0 Å². The first-order chi connectivity index (χ1) is 18.3. The van der Waals surface area contributed by atoms with E-state index in [4.69, 9.17) is 13.7 Å². The van der Waals surface area contributed by atoms with E-state index in [1.807, 2.05) is 24.3 Å². The maximum atomic E-state index is 13.4. The minimum Gasteiger partial charge on any atom is -0.493 e. The fourth-order valence-electron chi connectivity index (χ4n) is 3.90. The number of aryl methyl sites for hydroxylation is 1. The van der Waals surface area contributed by atoms with Crippen molar-refractivity contribution in [3.63, 3.8) is 0 Å². The number of rotatable bonds is 14. The van der Waals surface area contributed by atoms with E-state index in [1.54, 1.807) is 24.1 Å². The minimum atomic E-state index is -4.24. The molecular formula is C29H34FNO6S. The van der Waals surface area contributed by atoms with Gasteiger partial charge in [-0.3, -0.25) is 4.79 Å². The summed E-state index contributed by atoms with van der Waals surface area (Å²) < 4.78 is 54.7. The Kier molecular flexibility index (Phi) is 10.7. The van der Waals surface area contributed by atoms with E-state index in [2.05, 4.69) is 6.92 Å². The molecule has 9 heteroatoms. The number of hydrogen-bond acceptors (Lipinski definition) is 6. The molecule has 0 heterocycles. The highest BCUT2D eigenvalue weighted by Gasteiger charge is 2.21. The summed E-state index contributed by atoms with van der Waals surface area (Å²) in [5.74, 6) is -0.562. The van der Waals surface area contributed by atoms with E-state index in [1.165, 1.54) is 25.2 Å². The Bertz CT molecular complexity index is 1290.